The highest BCUT2D eigenvalue weighted by molar-refractivity contribution is 6.01. The zero-order chi connectivity index (χ0) is 108. The number of guanidine groups is 10. The summed E-state index contributed by atoms with van der Waals surface area (Å²) in [7, 11) is 1.34. The Kier molecular flexibility index (Phi) is 63.6. The number of rotatable bonds is 76. The number of nitrogens with one attached hydrogen (secondary N) is 32. The fourth-order valence-corrected chi connectivity index (χ4v) is 13.5. The van der Waals surface area contributed by atoms with E-state index in [2.05, 4.69) is 117 Å². The van der Waals surface area contributed by atoms with Crippen LogP contribution in [0.5, 0.6) is 0 Å². The number of primary amides is 1. The first-order chi connectivity index (χ1) is 66.9. The zero-order valence-electron chi connectivity index (χ0n) is 80.2. The number of likely N-dealkylation sites (N-methyl/N-ethyl adjacent to an activating group) is 1. The van der Waals surface area contributed by atoms with Gasteiger partial charge in [0, 0.05) is 92.3 Å². The minimum Gasteiger partial charge on any atom is -0.481 e. The first-order valence-electron chi connectivity index (χ1n) is 46.0. The Morgan fingerprint density at radius 3 is 0.563 bits per heavy atom. The van der Waals surface area contributed by atoms with Crippen molar-refractivity contribution in [3.8, 4) is 0 Å². The second kappa shape index (κ2) is 71.6. The van der Waals surface area contributed by atoms with Gasteiger partial charge in [-0.05, 0) is 167 Å². The topological polar surface area (TPSA) is 1130 Å². The van der Waals surface area contributed by atoms with Crippen LogP contribution in [0, 0.1) is 54.1 Å². The Morgan fingerprint density at radius 2 is 0.394 bits per heavy atom. The summed E-state index contributed by atoms with van der Waals surface area (Å²) in [5.41, 5.74) is 66.6. The van der Waals surface area contributed by atoms with Gasteiger partial charge in [-0.1, -0.05) is 0 Å². The lowest BCUT2D eigenvalue weighted by molar-refractivity contribution is -0.142. The molecule has 63 heteroatoms. The van der Waals surface area contributed by atoms with Crippen molar-refractivity contribution in [3.05, 3.63) is 0 Å². The van der Waals surface area contributed by atoms with Gasteiger partial charge in [-0.3, -0.25) is 126 Å². The summed E-state index contributed by atoms with van der Waals surface area (Å²) < 4.78 is 0. The van der Waals surface area contributed by atoms with Crippen LogP contribution in [-0.2, 0) is 76.7 Å². The maximum atomic E-state index is 15.0. The number of hydrogen-bond donors (Lipinski definition) is 46. The highest BCUT2D eigenvalue weighted by atomic mass is 16.4. The van der Waals surface area contributed by atoms with Gasteiger partial charge in [-0.25, -0.2) is 4.79 Å². The highest BCUT2D eigenvalue weighted by Gasteiger charge is 2.39. The molecule has 58 N–H and O–H groups in total. The van der Waals surface area contributed by atoms with Crippen LogP contribution >= 0.6 is 0 Å². The molecule has 0 saturated carbocycles. The molecule has 0 spiro atoms. The Hall–Kier alpha value is -15.8. The van der Waals surface area contributed by atoms with Crippen molar-refractivity contribution in [2.75, 3.05) is 79.0 Å². The molecule has 142 heavy (non-hydrogen) atoms. The lowest BCUT2D eigenvalue weighted by Gasteiger charge is -2.30. The van der Waals surface area contributed by atoms with E-state index in [1.807, 2.05) is 0 Å². The van der Waals surface area contributed by atoms with Crippen molar-refractivity contribution >= 4 is 154 Å². The van der Waals surface area contributed by atoms with Gasteiger partial charge in [-0.2, -0.15) is 0 Å². The lowest BCUT2D eigenvalue weighted by Crippen LogP contribution is -2.61. The van der Waals surface area contributed by atoms with Crippen LogP contribution in [0.2, 0.25) is 0 Å². The standard InChI is InChI=1S/C79H153N45O18/c1-41(125)124(2)54(25-14-40-111-79(100)101)68(140)122-50(23-12-38-109-77(96)97)64(136)116-45(18-7-33-104-72(86)87)60(132)115-47(20-9-35-106-74(90)91)63(135)121-52(27-29-56(127)128)67(139)119-48(21-10-36-107-75(92)93)62(134)120-51(26-28-55(81)126)66(138)118-46(19-8-34-105-73(88)89)58(130)112-42(15-3-4-30-80)57(129)113-43(16-5-31-102-70(82)83)59(131)114-44(17-6-32-103-71(84)85)61(133)117-49(22-11-37-108-76(94)95)65(137)123-53(69(141)142)24-13-39-110-78(98)99/h42-54H,3-40,80H2,1-2H3,(H2,81,126)(H,112,130)(H,113,129)(H,114,131)(H,115,132)(H,116,136)(H,117,133)(H,118,138)(H,119,139)(H,120,134)(H,121,135)(H,122,140)(H,123,137)(H,127,128)(H,141,142)(H4,82,83,102)(H4,84,85,103)(H4,86,87,104)(H4,88,89,105)(H4,90,91,106)(H4,92,93,107)(H4,94,95,108)(H4,96,97,109)(H4,98,99,110)(H4,100,101,111)/t42-,43-,44-,45-,46-,47-,48-,49-,50-,51-,52-,53-,54-/m0/s1. The average molecular weight is 2020 g/mol. The second-order valence-electron chi connectivity index (χ2n) is 32.8. The van der Waals surface area contributed by atoms with E-state index in [4.69, 9.17) is 123 Å². The van der Waals surface area contributed by atoms with Crippen molar-refractivity contribution < 1.29 is 86.9 Å². The summed E-state index contributed by atoms with van der Waals surface area (Å²) in [6, 6.07) is -21.5. The maximum Gasteiger partial charge on any atom is 0.326 e. The largest absolute Gasteiger partial charge is 0.481 e. The quantitative estimate of drug-likeness (QED) is 0.0153. The van der Waals surface area contributed by atoms with Crippen LogP contribution in [-0.4, -0.2) is 327 Å². The Balaban J connectivity index is 8.26. The number of hydrogen-bond acceptors (Lipinski definition) is 27. The van der Waals surface area contributed by atoms with E-state index in [0.717, 1.165) is 4.90 Å². The number of amides is 14. The third-order valence-electron chi connectivity index (χ3n) is 21.0. The van der Waals surface area contributed by atoms with Gasteiger partial charge in [0.2, 0.25) is 82.7 Å². The first-order valence-corrected chi connectivity index (χ1v) is 46.0. The van der Waals surface area contributed by atoms with Crippen LogP contribution in [0.3, 0.4) is 0 Å². The van der Waals surface area contributed by atoms with Gasteiger partial charge >= 0.3 is 11.9 Å². The number of carbonyl (C=O) groups is 16. The number of nitrogens with zero attached hydrogens (tertiary/aromatic N) is 1. The summed E-state index contributed by atoms with van der Waals surface area (Å²) in [5, 5.41) is 153. The van der Waals surface area contributed by atoms with Gasteiger partial charge in [-0.15, -0.1) is 0 Å². The molecule has 0 saturated heterocycles. The van der Waals surface area contributed by atoms with Crippen LogP contribution in [0.25, 0.3) is 0 Å². The van der Waals surface area contributed by atoms with Crippen LogP contribution in [0.15, 0.2) is 0 Å². The molecule has 63 nitrogen and oxygen atoms in total. The van der Waals surface area contributed by atoms with Crippen molar-refractivity contribution in [1.82, 2.24) is 122 Å². The minimum atomic E-state index is -1.95. The maximum absolute atomic E-state index is 15.0. The number of carboxylic acid groups (broad SMARTS) is 2. The molecule has 0 aliphatic rings. The minimum absolute atomic E-state index is 0.000135. The molecule has 0 rings (SSSR count). The average Bonchev–Trinajstić information content (AvgIpc) is 0.850. The molecular formula is C79H153N45O18. The van der Waals surface area contributed by atoms with E-state index >= 15 is 14.4 Å². The summed E-state index contributed by atoms with van der Waals surface area (Å²) >= 11 is 0. The fourth-order valence-electron chi connectivity index (χ4n) is 13.5. The van der Waals surface area contributed by atoms with Crippen LogP contribution < -0.4 is 186 Å². The van der Waals surface area contributed by atoms with Crippen molar-refractivity contribution in [2.24, 2.45) is 68.8 Å². The lowest BCUT2D eigenvalue weighted by atomic mass is 10.0. The second-order valence-corrected chi connectivity index (χ2v) is 32.8. The monoisotopic (exact) mass is 2020 g/mol. The zero-order valence-corrected chi connectivity index (χ0v) is 80.2. The van der Waals surface area contributed by atoms with E-state index in [1.165, 1.54) is 14.0 Å². The molecule has 0 aliphatic heterocycles. The molecule has 13 atom stereocenters. The van der Waals surface area contributed by atoms with Gasteiger partial charge < -0.3 is 201 Å². The fraction of sp³-hybridized carbons (Fsp3) is 0.671. The van der Waals surface area contributed by atoms with E-state index in [9.17, 15) is 72.5 Å². The molecule has 14 amide bonds. The number of nitrogens with two attached hydrogens (primary N) is 12. The Morgan fingerprint density at radius 1 is 0.232 bits per heavy atom. The smallest absolute Gasteiger partial charge is 0.326 e. The van der Waals surface area contributed by atoms with E-state index in [0.29, 0.717) is 0 Å². The molecule has 0 unspecified atom stereocenters. The normalized spacial score (nSPS) is 13.4. The third kappa shape index (κ3) is 60.0. The molecule has 802 valence electrons. The van der Waals surface area contributed by atoms with Gasteiger partial charge in [0.25, 0.3) is 0 Å². The van der Waals surface area contributed by atoms with Gasteiger partial charge in [0.15, 0.2) is 59.6 Å². The molecule has 0 bridgehead atoms. The van der Waals surface area contributed by atoms with Crippen molar-refractivity contribution in [3.63, 3.8) is 0 Å². The first kappa shape index (κ1) is 126. The highest BCUT2D eigenvalue weighted by Crippen LogP contribution is 2.16. The number of carbonyl (C=O) groups excluding carboxylic acids is 14. The van der Waals surface area contributed by atoms with Crippen molar-refractivity contribution in [2.45, 2.75) is 259 Å². The third-order valence-corrected chi connectivity index (χ3v) is 21.0. The SMILES string of the molecule is CC(=O)N(C)[C@@H](CCCNC(=N)N)C(=O)N[C@@H](CCCNC(=N)N)C(=O)N[C@@H](CCCNC(=N)N)C(=O)N[C@@H](CCCNC(=N)N)C(=O)N[C@@H](CCC(=O)O)C(=O)N[C@@H](CCCNC(=N)N)C(=O)N[C@@H](CCC(N)=O)C(=O)N[C@@H](CCCNC(=N)N)C(=O)N[C@@H](CCCCN)C(=O)N[C@@H](CCCNC(=N)N)C(=O)N[C@@H](CCCNC(=N)N)C(=O)N[C@@H](CCCNC(=N)N)C(=O)N[C@@H](CCCNC(=N)N)C(=O)O. The van der Waals surface area contributed by atoms with Crippen molar-refractivity contribution in [1.29, 1.82) is 54.1 Å². The Bertz CT molecular complexity index is 4220. The molecule has 0 radical (unpaired) electrons. The predicted molar refractivity (Wildman–Crippen MR) is 523 cm³/mol. The van der Waals surface area contributed by atoms with Crippen LogP contribution in [0.4, 0.5) is 0 Å². The van der Waals surface area contributed by atoms with Gasteiger partial charge in [0.05, 0.1) is 0 Å². The number of aliphatic carboxylic acids is 2. The molecule has 0 aromatic carbocycles. The summed E-state index contributed by atoms with van der Waals surface area (Å²) in [4.78, 5) is 228. The Labute approximate surface area is 820 Å². The summed E-state index contributed by atoms with van der Waals surface area (Å²) in [6.45, 7) is 0.783. The number of carboxylic acids is 2. The summed E-state index contributed by atoms with van der Waals surface area (Å²) in [6.07, 6.45) is -5.46. The molecule has 0 aromatic heterocycles. The van der Waals surface area contributed by atoms with E-state index in [-0.39, 0.29) is 219 Å². The number of unbranched alkanes of at least 4 members (excludes halogenated alkanes) is 1. The molecular weight excluding hydrogens is 1870 g/mol. The molecule has 0 aliphatic carbocycles. The predicted octanol–water partition coefficient (Wildman–Crippen LogP) is -14.4. The summed E-state index contributed by atoms with van der Waals surface area (Å²) in [5.74, 6) is -22.2. The van der Waals surface area contributed by atoms with E-state index < -0.39 is 259 Å². The molecule has 0 fully saturated rings. The van der Waals surface area contributed by atoms with E-state index in [1.54, 1.807) is 0 Å². The van der Waals surface area contributed by atoms with Crippen LogP contribution in [0.1, 0.15) is 180 Å². The molecule has 0 aromatic rings. The van der Waals surface area contributed by atoms with Gasteiger partial charge in [0.1, 0.15) is 78.5 Å². The molecule has 0 heterocycles.